The molecule has 1 saturated carbocycles. The Labute approximate surface area is 86.6 Å². The highest BCUT2D eigenvalue weighted by Gasteiger charge is 2.32. The second-order valence-corrected chi connectivity index (χ2v) is 5.13. The maximum absolute atomic E-state index is 12.0. The summed E-state index contributed by atoms with van der Waals surface area (Å²) < 4.78 is 0. The topological polar surface area (TPSA) is 17.1 Å². The van der Waals surface area contributed by atoms with Crippen LogP contribution in [-0.4, -0.2) is 5.78 Å². The van der Waals surface area contributed by atoms with Crippen molar-refractivity contribution in [2.75, 3.05) is 0 Å². The van der Waals surface area contributed by atoms with Crippen LogP contribution in [0.4, 0.5) is 0 Å². The summed E-state index contributed by atoms with van der Waals surface area (Å²) in [7, 11) is 0. The Bertz CT molecular complexity index is 262. The van der Waals surface area contributed by atoms with Crippen molar-refractivity contribution >= 4 is 5.78 Å². The van der Waals surface area contributed by atoms with Crippen LogP contribution in [0.5, 0.6) is 0 Å². The molecule has 1 heteroatoms. The fraction of sp³-hybridized carbons (Fsp3) is 0.769. The quantitative estimate of drug-likeness (QED) is 0.655. The van der Waals surface area contributed by atoms with Crippen molar-refractivity contribution in [3.8, 4) is 0 Å². The first-order valence-corrected chi connectivity index (χ1v) is 5.92. The number of fused-ring (bicyclic) bond motifs is 2. The van der Waals surface area contributed by atoms with Gasteiger partial charge in [0.05, 0.1) is 0 Å². The van der Waals surface area contributed by atoms with Gasteiger partial charge in [0, 0.05) is 5.92 Å². The van der Waals surface area contributed by atoms with Crippen molar-refractivity contribution in [2.24, 2.45) is 17.8 Å². The van der Waals surface area contributed by atoms with Crippen LogP contribution < -0.4 is 0 Å². The van der Waals surface area contributed by atoms with Crippen LogP contribution >= 0.6 is 0 Å². The lowest BCUT2D eigenvalue weighted by Gasteiger charge is -2.14. The number of Topliss-reactive ketones (excluding diaryl/α,β-unsaturated/α-hetero) is 1. The molecule has 2 aliphatic rings. The van der Waals surface area contributed by atoms with Gasteiger partial charge in [-0.1, -0.05) is 19.9 Å². The molecular weight excluding hydrogens is 172 g/mol. The molecule has 0 heterocycles. The van der Waals surface area contributed by atoms with Gasteiger partial charge in [-0.05, 0) is 49.5 Å². The van der Waals surface area contributed by atoms with E-state index in [1.807, 2.05) is 13.8 Å². The molecule has 1 unspecified atom stereocenters. The third-order valence-electron chi connectivity index (χ3n) is 3.73. The van der Waals surface area contributed by atoms with E-state index in [1.54, 1.807) is 0 Å². The molecule has 2 bridgehead atoms. The van der Waals surface area contributed by atoms with E-state index in [0.29, 0.717) is 11.7 Å². The second kappa shape index (κ2) is 3.88. The summed E-state index contributed by atoms with van der Waals surface area (Å²) in [6.45, 7) is 4.03. The lowest BCUT2D eigenvalue weighted by Crippen LogP contribution is -2.15. The summed E-state index contributed by atoms with van der Waals surface area (Å²) in [5, 5.41) is 0. The van der Waals surface area contributed by atoms with E-state index in [9.17, 15) is 4.79 Å². The van der Waals surface area contributed by atoms with Crippen LogP contribution in [0.3, 0.4) is 0 Å². The number of ketones is 1. The van der Waals surface area contributed by atoms with Gasteiger partial charge in [0.1, 0.15) is 0 Å². The Hall–Kier alpha value is -0.590. The normalized spacial score (nSPS) is 31.5. The zero-order valence-electron chi connectivity index (χ0n) is 9.25. The molecule has 2 rings (SSSR count). The third-order valence-corrected chi connectivity index (χ3v) is 3.73. The standard InChI is InChI=1S/C13H20O/c1-9(2)13(14)12-5-3-4-10-6-7-11(12)8-10/h5,9-11H,3-4,6-8H2,1-2H3/t10-,11?/m0/s1. The average Bonchev–Trinajstić information content (AvgIpc) is 2.46. The summed E-state index contributed by atoms with van der Waals surface area (Å²) >= 11 is 0. The van der Waals surface area contributed by atoms with Crippen LogP contribution in [0.1, 0.15) is 46.0 Å². The van der Waals surface area contributed by atoms with E-state index in [4.69, 9.17) is 0 Å². The Balaban J connectivity index is 2.16. The summed E-state index contributed by atoms with van der Waals surface area (Å²) in [5.41, 5.74) is 1.17. The Kier molecular flexibility index (Phi) is 2.76. The molecule has 0 aliphatic heterocycles. The molecular formula is C13H20O. The largest absolute Gasteiger partial charge is 0.294 e. The summed E-state index contributed by atoms with van der Waals surface area (Å²) in [6.07, 6.45) is 8.57. The maximum atomic E-state index is 12.0. The number of hydrogen-bond donors (Lipinski definition) is 0. The van der Waals surface area contributed by atoms with Gasteiger partial charge in [-0.15, -0.1) is 0 Å². The van der Waals surface area contributed by atoms with Gasteiger partial charge in [0.2, 0.25) is 0 Å². The van der Waals surface area contributed by atoms with Gasteiger partial charge in [-0.25, -0.2) is 0 Å². The summed E-state index contributed by atoms with van der Waals surface area (Å²) in [5.74, 6) is 2.10. The van der Waals surface area contributed by atoms with Crippen molar-refractivity contribution < 1.29 is 4.79 Å². The summed E-state index contributed by atoms with van der Waals surface area (Å²) in [6, 6.07) is 0. The van der Waals surface area contributed by atoms with Gasteiger partial charge in [0.25, 0.3) is 0 Å². The van der Waals surface area contributed by atoms with Gasteiger partial charge in [-0.3, -0.25) is 4.79 Å². The molecule has 1 nitrogen and oxygen atoms in total. The van der Waals surface area contributed by atoms with Crippen LogP contribution in [0.25, 0.3) is 0 Å². The average molecular weight is 192 g/mol. The number of rotatable bonds is 2. The maximum Gasteiger partial charge on any atom is 0.161 e. The van der Waals surface area contributed by atoms with Crippen molar-refractivity contribution in [3.63, 3.8) is 0 Å². The predicted molar refractivity (Wildman–Crippen MR) is 58.0 cm³/mol. The molecule has 0 saturated heterocycles. The minimum absolute atomic E-state index is 0.179. The number of carbonyl (C=O) groups excluding carboxylic acids is 1. The Morgan fingerprint density at radius 1 is 1.36 bits per heavy atom. The lowest BCUT2D eigenvalue weighted by atomic mass is 9.89. The van der Waals surface area contributed by atoms with Crippen molar-refractivity contribution in [3.05, 3.63) is 11.6 Å². The van der Waals surface area contributed by atoms with Crippen molar-refractivity contribution in [1.82, 2.24) is 0 Å². The van der Waals surface area contributed by atoms with Gasteiger partial charge in [0.15, 0.2) is 5.78 Å². The first-order valence-electron chi connectivity index (χ1n) is 5.92. The van der Waals surface area contributed by atoms with Gasteiger partial charge < -0.3 is 0 Å². The van der Waals surface area contributed by atoms with E-state index in [2.05, 4.69) is 6.08 Å². The van der Waals surface area contributed by atoms with E-state index in [1.165, 1.54) is 31.3 Å². The van der Waals surface area contributed by atoms with Crippen molar-refractivity contribution in [2.45, 2.75) is 46.0 Å². The fourth-order valence-corrected chi connectivity index (χ4v) is 2.90. The SMILES string of the molecule is CC(C)C(=O)C1=CCC[C@H]2CCC1C2. The molecule has 78 valence electrons. The minimum Gasteiger partial charge on any atom is -0.294 e. The Morgan fingerprint density at radius 2 is 2.14 bits per heavy atom. The molecule has 1 fully saturated rings. The molecule has 0 aromatic rings. The molecule has 0 amide bonds. The molecule has 0 N–H and O–H groups in total. The van der Waals surface area contributed by atoms with E-state index in [-0.39, 0.29) is 5.92 Å². The first kappa shape index (κ1) is 9.95. The van der Waals surface area contributed by atoms with Crippen molar-refractivity contribution in [1.29, 1.82) is 0 Å². The van der Waals surface area contributed by atoms with Crippen LogP contribution in [0.15, 0.2) is 11.6 Å². The lowest BCUT2D eigenvalue weighted by molar-refractivity contribution is -0.118. The molecule has 0 radical (unpaired) electrons. The van der Waals surface area contributed by atoms with E-state index in [0.717, 1.165) is 12.3 Å². The molecule has 2 atom stereocenters. The van der Waals surface area contributed by atoms with E-state index >= 15 is 0 Å². The van der Waals surface area contributed by atoms with Crippen LogP contribution in [-0.2, 0) is 4.79 Å². The molecule has 0 aromatic carbocycles. The molecule has 0 spiro atoms. The number of hydrogen-bond acceptors (Lipinski definition) is 1. The Morgan fingerprint density at radius 3 is 2.86 bits per heavy atom. The fourth-order valence-electron chi connectivity index (χ4n) is 2.90. The summed E-state index contributed by atoms with van der Waals surface area (Å²) in [4.78, 5) is 12.0. The highest BCUT2D eigenvalue weighted by atomic mass is 16.1. The zero-order chi connectivity index (χ0) is 10.1. The van der Waals surface area contributed by atoms with Crippen LogP contribution in [0, 0.1) is 17.8 Å². The molecule has 2 aliphatic carbocycles. The second-order valence-electron chi connectivity index (χ2n) is 5.13. The number of allylic oxidation sites excluding steroid dienone is 2. The van der Waals surface area contributed by atoms with Gasteiger partial charge in [-0.2, -0.15) is 0 Å². The predicted octanol–water partition coefficient (Wildman–Crippen LogP) is 3.35. The highest BCUT2D eigenvalue weighted by molar-refractivity contribution is 5.97. The molecule has 0 aromatic heterocycles. The van der Waals surface area contributed by atoms with Crippen LogP contribution in [0.2, 0.25) is 0 Å². The third kappa shape index (κ3) is 1.77. The highest BCUT2D eigenvalue weighted by Crippen LogP contribution is 2.41. The minimum atomic E-state index is 0.179. The zero-order valence-corrected chi connectivity index (χ0v) is 9.25. The number of carbonyl (C=O) groups is 1. The first-order chi connectivity index (χ1) is 6.68. The van der Waals surface area contributed by atoms with E-state index < -0.39 is 0 Å². The molecule has 14 heavy (non-hydrogen) atoms. The smallest absolute Gasteiger partial charge is 0.161 e. The van der Waals surface area contributed by atoms with Gasteiger partial charge >= 0.3 is 0 Å². The monoisotopic (exact) mass is 192 g/mol.